The third kappa shape index (κ3) is 3.07. The van der Waals surface area contributed by atoms with Crippen molar-refractivity contribution in [3.05, 3.63) is 36.0 Å². The summed E-state index contributed by atoms with van der Waals surface area (Å²) < 4.78 is 0. The number of hydrogen-bond donors (Lipinski definition) is 1. The summed E-state index contributed by atoms with van der Waals surface area (Å²) in [5.41, 5.74) is 1.49. The monoisotopic (exact) mass is 323 g/mol. The highest BCUT2D eigenvalue weighted by Gasteiger charge is 2.29. The molecule has 1 aliphatic rings. The number of rotatable bonds is 3. The number of anilines is 1. The van der Waals surface area contributed by atoms with Crippen molar-refractivity contribution in [1.82, 2.24) is 10.3 Å². The van der Waals surface area contributed by atoms with Gasteiger partial charge in [-0.1, -0.05) is 23.5 Å². The highest BCUT2D eigenvalue weighted by atomic mass is 32.1. The number of benzene rings is 1. The van der Waals surface area contributed by atoms with Crippen LogP contribution in [0.4, 0.5) is 5.13 Å². The van der Waals surface area contributed by atoms with E-state index >= 15 is 0 Å². The Hall–Kier alpha value is -2.74. The smallest absolute Gasteiger partial charge is 0.246 e. The van der Waals surface area contributed by atoms with Gasteiger partial charge in [0, 0.05) is 12.7 Å². The lowest BCUT2D eigenvalue weighted by atomic mass is 10.1. The van der Waals surface area contributed by atoms with Crippen LogP contribution >= 0.6 is 11.3 Å². The average molecular weight is 323 g/mol. The third-order valence-corrected chi connectivity index (χ3v) is 4.74. The van der Waals surface area contributed by atoms with E-state index in [-0.39, 0.29) is 11.8 Å². The number of hydrogen-bond acceptors (Lipinski definition) is 6. The van der Waals surface area contributed by atoms with Gasteiger partial charge >= 0.3 is 0 Å². The normalized spacial score (nSPS) is 16.5. The first-order valence-corrected chi connectivity index (χ1v) is 7.95. The van der Waals surface area contributed by atoms with Gasteiger partial charge in [0.15, 0.2) is 6.19 Å². The van der Waals surface area contributed by atoms with Gasteiger partial charge in [-0.05, 0) is 30.7 Å². The Morgan fingerprint density at radius 2 is 2.13 bits per heavy atom. The molecule has 6 nitrogen and oxygen atoms in total. The topological polar surface area (TPSA) is 92.8 Å². The standard InChI is InChI=1S/C16H13N5OS/c17-7-11-1-3-12(4-2-11)14-9-20-16(23-14)21(10-18)15(22)13-5-6-19-8-13/h1-4,9,13,19H,5-6,8H2/t13-/m0/s1. The predicted octanol–water partition coefficient (Wildman–Crippen LogP) is 2.11. The van der Waals surface area contributed by atoms with E-state index in [4.69, 9.17) is 5.26 Å². The number of carbonyl (C=O) groups is 1. The zero-order valence-electron chi connectivity index (χ0n) is 12.2. The van der Waals surface area contributed by atoms with Gasteiger partial charge in [-0.15, -0.1) is 0 Å². The van der Waals surface area contributed by atoms with E-state index in [0.29, 0.717) is 17.2 Å². The van der Waals surface area contributed by atoms with E-state index in [9.17, 15) is 10.1 Å². The summed E-state index contributed by atoms with van der Waals surface area (Å²) in [7, 11) is 0. The summed E-state index contributed by atoms with van der Waals surface area (Å²) in [6.07, 6.45) is 4.32. The first-order chi connectivity index (χ1) is 11.2. The van der Waals surface area contributed by atoms with Crippen molar-refractivity contribution in [2.24, 2.45) is 5.92 Å². The quantitative estimate of drug-likeness (QED) is 0.690. The fourth-order valence-corrected chi connectivity index (χ4v) is 3.33. The molecule has 114 valence electrons. The van der Waals surface area contributed by atoms with Crippen LogP contribution < -0.4 is 10.2 Å². The van der Waals surface area contributed by atoms with Gasteiger partial charge < -0.3 is 5.32 Å². The zero-order valence-corrected chi connectivity index (χ0v) is 13.0. The Bertz CT molecular complexity index is 793. The molecule has 2 aromatic rings. The molecule has 1 fully saturated rings. The second-order valence-corrected chi connectivity index (χ2v) is 6.17. The maximum atomic E-state index is 12.4. The highest BCUT2D eigenvalue weighted by molar-refractivity contribution is 7.19. The average Bonchev–Trinajstić information content (AvgIpc) is 3.27. The molecule has 0 saturated carbocycles. The minimum atomic E-state index is -0.210. The van der Waals surface area contributed by atoms with E-state index < -0.39 is 0 Å². The van der Waals surface area contributed by atoms with E-state index in [1.165, 1.54) is 11.3 Å². The van der Waals surface area contributed by atoms with Gasteiger partial charge in [0.1, 0.15) is 0 Å². The fraction of sp³-hybridized carbons (Fsp3) is 0.250. The van der Waals surface area contributed by atoms with Gasteiger partial charge in [0.25, 0.3) is 0 Å². The number of nitriles is 2. The lowest BCUT2D eigenvalue weighted by Crippen LogP contribution is -2.33. The summed E-state index contributed by atoms with van der Waals surface area (Å²) >= 11 is 1.29. The van der Waals surface area contributed by atoms with Crippen LogP contribution in [0, 0.1) is 28.7 Å². The van der Waals surface area contributed by atoms with Crippen LogP contribution in [-0.2, 0) is 4.79 Å². The maximum Gasteiger partial charge on any atom is 0.246 e. The van der Waals surface area contributed by atoms with Crippen LogP contribution in [0.3, 0.4) is 0 Å². The van der Waals surface area contributed by atoms with Crippen molar-refractivity contribution in [3.8, 4) is 22.7 Å². The molecule has 1 N–H and O–H groups in total. The second kappa shape index (κ2) is 6.57. The van der Waals surface area contributed by atoms with E-state index in [2.05, 4.69) is 16.4 Å². The largest absolute Gasteiger partial charge is 0.316 e. The minimum Gasteiger partial charge on any atom is -0.316 e. The molecule has 7 heteroatoms. The molecule has 0 aliphatic carbocycles. The van der Waals surface area contributed by atoms with Crippen molar-refractivity contribution in [2.75, 3.05) is 18.0 Å². The summed E-state index contributed by atoms with van der Waals surface area (Å²) in [5.74, 6) is -0.379. The fourth-order valence-electron chi connectivity index (χ4n) is 2.45. The third-order valence-electron chi connectivity index (χ3n) is 3.71. The lowest BCUT2D eigenvalue weighted by Gasteiger charge is -2.14. The Labute approximate surface area is 137 Å². The van der Waals surface area contributed by atoms with E-state index in [1.807, 2.05) is 18.3 Å². The Morgan fingerprint density at radius 1 is 1.35 bits per heavy atom. The number of carbonyl (C=O) groups excluding carboxylic acids is 1. The summed E-state index contributed by atoms with van der Waals surface area (Å²) in [6.45, 7) is 1.40. The molecule has 23 heavy (non-hydrogen) atoms. The molecular weight excluding hydrogens is 310 g/mol. The molecule has 1 atom stereocenters. The zero-order chi connectivity index (χ0) is 16.2. The molecule has 2 heterocycles. The number of nitrogens with zero attached hydrogens (tertiary/aromatic N) is 4. The molecule has 1 aromatic carbocycles. The Balaban J connectivity index is 1.83. The minimum absolute atomic E-state index is 0.170. The maximum absolute atomic E-state index is 12.4. The number of amides is 1. The van der Waals surface area contributed by atoms with Gasteiger partial charge in [0.2, 0.25) is 11.0 Å². The lowest BCUT2D eigenvalue weighted by molar-refractivity contribution is -0.121. The summed E-state index contributed by atoms with van der Waals surface area (Å²) in [4.78, 5) is 18.5. The first-order valence-electron chi connectivity index (χ1n) is 7.13. The van der Waals surface area contributed by atoms with Crippen molar-refractivity contribution in [1.29, 1.82) is 10.5 Å². The SMILES string of the molecule is N#Cc1ccc(-c2cnc(N(C#N)C(=O)[C@H]3CCNC3)s2)cc1. The molecule has 0 spiro atoms. The second-order valence-electron chi connectivity index (χ2n) is 5.16. The van der Waals surface area contributed by atoms with Crippen LogP contribution in [0.1, 0.15) is 12.0 Å². The van der Waals surface area contributed by atoms with Gasteiger partial charge in [-0.25, -0.2) is 4.98 Å². The number of nitrogens with one attached hydrogen (secondary N) is 1. The van der Waals surface area contributed by atoms with Crippen LogP contribution in [0.2, 0.25) is 0 Å². The number of aromatic nitrogens is 1. The van der Waals surface area contributed by atoms with Crippen molar-refractivity contribution in [3.63, 3.8) is 0 Å². The molecule has 3 rings (SSSR count). The molecule has 1 amide bonds. The molecule has 0 bridgehead atoms. The Morgan fingerprint density at radius 3 is 2.74 bits per heavy atom. The molecule has 1 aliphatic heterocycles. The Kier molecular flexibility index (Phi) is 4.33. The van der Waals surface area contributed by atoms with Crippen molar-refractivity contribution in [2.45, 2.75) is 6.42 Å². The van der Waals surface area contributed by atoms with E-state index in [1.54, 1.807) is 18.3 Å². The van der Waals surface area contributed by atoms with Crippen LogP contribution in [-0.4, -0.2) is 24.0 Å². The van der Waals surface area contributed by atoms with Crippen molar-refractivity contribution >= 4 is 22.4 Å². The molecule has 0 radical (unpaired) electrons. The molecular formula is C16H13N5OS. The van der Waals surface area contributed by atoms with Gasteiger partial charge in [-0.3, -0.25) is 4.79 Å². The van der Waals surface area contributed by atoms with Gasteiger partial charge in [0.05, 0.1) is 22.4 Å². The molecule has 0 unspecified atom stereocenters. The van der Waals surface area contributed by atoms with Crippen molar-refractivity contribution < 1.29 is 4.79 Å². The number of thiazole rings is 1. The highest BCUT2D eigenvalue weighted by Crippen LogP contribution is 2.32. The molecule has 1 saturated heterocycles. The predicted molar refractivity (Wildman–Crippen MR) is 86.3 cm³/mol. The summed E-state index contributed by atoms with van der Waals surface area (Å²) in [6, 6.07) is 9.18. The first kappa shape index (κ1) is 15.2. The van der Waals surface area contributed by atoms with E-state index in [0.717, 1.165) is 28.3 Å². The van der Waals surface area contributed by atoms with Gasteiger partial charge in [-0.2, -0.15) is 15.4 Å². The van der Waals surface area contributed by atoms with Crippen LogP contribution in [0.5, 0.6) is 0 Å². The summed E-state index contributed by atoms with van der Waals surface area (Å²) in [5, 5.41) is 21.7. The van der Waals surface area contributed by atoms with Crippen LogP contribution in [0.15, 0.2) is 30.5 Å². The van der Waals surface area contributed by atoms with Crippen LogP contribution in [0.25, 0.3) is 10.4 Å². The molecule has 1 aromatic heterocycles.